The number of hydrogen-bond donors (Lipinski definition) is 4. The average molecular weight is 258 g/mol. The van der Waals surface area contributed by atoms with Gasteiger partial charge in [-0.15, -0.1) is 0 Å². The van der Waals surface area contributed by atoms with Crippen LogP contribution in [-0.2, 0) is 0 Å². The van der Waals surface area contributed by atoms with Crippen LogP contribution >= 0.6 is 0 Å². The van der Waals surface area contributed by atoms with Crippen molar-refractivity contribution < 1.29 is 9.59 Å². The van der Waals surface area contributed by atoms with Crippen molar-refractivity contribution in [2.24, 2.45) is 11.5 Å². The third-order valence-electron chi connectivity index (χ3n) is 2.92. The van der Waals surface area contributed by atoms with Crippen LogP contribution in [0.4, 0.5) is 9.59 Å². The van der Waals surface area contributed by atoms with Crippen molar-refractivity contribution in [3.8, 4) is 0 Å². The maximum absolute atomic E-state index is 10.5. The Morgan fingerprint density at radius 3 is 1.44 bits per heavy atom. The minimum atomic E-state index is -0.480. The summed E-state index contributed by atoms with van der Waals surface area (Å²) in [4.78, 5) is 25.6. The zero-order valence-corrected chi connectivity index (χ0v) is 10.5. The summed E-state index contributed by atoms with van der Waals surface area (Å²) in [5.74, 6) is 0. The molecule has 8 heteroatoms. The van der Waals surface area contributed by atoms with Crippen molar-refractivity contribution in [1.82, 2.24) is 20.4 Å². The number of hydrogen-bond acceptors (Lipinski definition) is 4. The average Bonchev–Trinajstić information content (AvgIpc) is 2.30. The lowest BCUT2D eigenvalue weighted by molar-refractivity contribution is 0.134. The van der Waals surface area contributed by atoms with Crippen molar-refractivity contribution in [3.63, 3.8) is 0 Å². The number of nitrogens with zero attached hydrogens (tertiary/aromatic N) is 2. The molecule has 1 aliphatic heterocycles. The monoisotopic (exact) mass is 258 g/mol. The Labute approximate surface area is 107 Å². The Morgan fingerprint density at radius 2 is 1.17 bits per heavy atom. The summed E-state index contributed by atoms with van der Waals surface area (Å²) >= 11 is 0. The highest BCUT2D eigenvalue weighted by Gasteiger charge is 2.15. The molecule has 6 N–H and O–H groups in total. The fraction of sp³-hybridized carbons (Fsp3) is 0.800. The Balaban J connectivity index is 2.05. The molecule has 0 radical (unpaired) electrons. The van der Waals surface area contributed by atoms with Gasteiger partial charge in [-0.3, -0.25) is 9.80 Å². The smallest absolute Gasteiger partial charge is 0.312 e. The summed E-state index contributed by atoms with van der Waals surface area (Å²) in [5, 5.41) is 5.15. The van der Waals surface area contributed by atoms with Crippen LogP contribution in [0.15, 0.2) is 0 Å². The summed E-state index contributed by atoms with van der Waals surface area (Å²) in [6.07, 6.45) is 0. The number of rotatable bonds is 6. The molecule has 8 nitrogen and oxygen atoms in total. The highest BCUT2D eigenvalue weighted by molar-refractivity contribution is 5.71. The molecule has 0 aromatic carbocycles. The standard InChI is InChI=1S/C10H22N6O2/c11-9(17)13-1-3-15-5-7-16(8-6-15)4-2-14-10(12)18/h1-8H2,(H3,11,13,17)(H3,12,14,18). The lowest BCUT2D eigenvalue weighted by atomic mass is 10.3. The molecule has 1 saturated heterocycles. The molecule has 1 aliphatic rings. The molecule has 0 aliphatic carbocycles. The van der Waals surface area contributed by atoms with Gasteiger partial charge >= 0.3 is 12.1 Å². The molecular weight excluding hydrogens is 236 g/mol. The molecule has 1 heterocycles. The van der Waals surface area contributed by atoms with E-state index in [9.17, 15) is 9.59 Å². The Kier molecular flexibility index (Phi) is 6.23. The van der Waals surface area contributed by atoms with Crippen molar-refractivity contribution in [2.45, 2.75) is 0 Å². The van der Waals surface area contributed by atoms with Crippen molar-refractivity contribution in [2.75, 3.05) is 52.4 Å². The highest BCUT2D eigenvalue weighted by atomic mass is 16.2. The molecule has 0 aromatic rings. The Hall–Kier alpha value is -1.54. The topological polar surface area (TPSA) is 117 Å². The molecule has 0 saturated carbocycles. The van der Waals surface area contributed by atoms with E-state index in [1.807, 2.05) is 0 Å². The second-order valence-electron chi connectivity index (χ2n) is 4.27. The second kappa shape index (κ2) is 7.72. The summed E-state index contributed by atoms with van der Waals surface area (Å²) in [7, 11) is 0. The summed E-state index contributed by atoms with van der Waals surface area (Å²) < 4.78 is 0. The fourth-order valence-electron chi connectivity index (χ4n) is 1.91. The number of amides is 4. The molecule has 0 bridgehead atoms. The van der Waals surface area contributed by atoms with Crippen LogP contribution in [0.5, 0.6) is 0 Å². The van der Waals surface area contributed by atoms with Gasteiger partial charge in [0.05, 0.1) is 0 Å². The molecule has 0 aromatic heterocycles. The van der Waals surface area contributed by atoms with Gasteiger partial charge in [-0.25, -0.2) is 9.59 Å². The minimum Gasteiger partial charge on any atom is -0.352 e. The van der Waals surface area contributed by atoms with Gasteiger partial charge in [-0.2, -0.15) is 0 Å². The first-order valence-corrected chi connectivity index (χ1v) is 6.09. The van der Waals surface area contributed by atoms with Crippen LogP contribution in [0, 0.1) is 0 Å². The third-order valence-corrected chi connectivity index (χ3v) is 2.92. The number of urea groups is 2. The van der Waals surface area contributed by atoms with Crippen molar-refractivity contribution >= 4 is 12.1 Å². The van der Waals surface area contributed by atoms with Crippen LogP contribution in [-0.4, -0.2) is 74.2 Å². The maximum atomic E-state index is 10.5. The van der Waals surface area contributed by atoms with Gasteiger partial charge in [-0.05, 0) is 0 Å². The van der Waals surface area contributed by atoms with Crippen LogP contribution in [0.1, 0.15) is 0 Å². The van der Waals surface area contributed by atoms with Gasteiger partial charge in [0.1, 0.15) is 0 Å². The van der Waals surface area contributed by atoms with E-state index in [2.05, 4.69) is 20.4 Å². The van der Waals surface area contributed by atoms with E-state index < -0.39 is 12.1 Å². The molecule has 0 atom stereocenters. The van der Waals surface area contributed by atoms with Gasteiger partial charge in [0.25, 0.3) is 0 Å². The molecular formula is C10H22N6O2. The summed E-state index contributed by atoms with van der Waals surface area (Å²) in [6, 6.07) is -0.961. The number of nitrogens with two attached hydrogens (primary N) is 2. The zero-order chi connectivity index (χ0) is 13.4. The quantitative estimate of drug-likeness (QED) is 0.438. The first-order chi connectivity index (χ1) is 8.58. The molecule has 0 unspecified atom stereocenters. The first-order valence-electron chi connectivity index (χ1n) is 6.09. The van der Waals surface area contributed by atoms with Gasteiger partial charge < -0.3 is 22.1 Å². The first kappa shape index (κ1) is 14.5. The number of nitrogens with one attached hydrogen (secondary N) is 2. The minimum absolute atomic E-state index is 0.480. The van der Waals surface area contributed by atoms with Crippen LogP contribution in [0.25, 0.3) is 0 Å². The molecule has 18 heavy (non-hydrogen) atoms. The largest absolute Gasteiger partial charge is 0.352 e. The maximum Gasteiger partial charge on any atom is 0.312 e. The summed E-state index contributed by atoms with van der Waals surface area (Å²) in [5.41, 5.74) is 9.98. The highest BCUT2D eigenvalue weighted by Crippen LogP contribution is 1.99. The van der Waals surface area contributed by atoms with Gasteiger partial charge in [0.2, 0.25) is 0 Å². The van der Waals surface area contributed by atoms with E-state index in [-0.39, 0.29) is 0 Å². The van der Waals surface area contributed by atoms with Crippen molar-refractivity contribution in [3.05, 3.63) is 0 Å². The summed E-state index contributed by atoms with van der Waals surface area (Å²) in [6.45, 7) is 6.62. The van der Waals surface area contributed by atoms with E-state index in [1.54, 1.807) is 0 Å². The number of primary amides is 2. The number of piperazine rings is 1. The normalized spacial score (nSPS) is 17.3. The molecule has 1 fully saturated rings. The molecule has 1 rings (SSSR count). The number of carbonyl (C=O) groups excluding carboxylic acids is 2. The number of carbonyl (C=O) groups is 2. The lowest BCUT2D eigenvalue weighted by Gasteiger charge is -2.34. The van der Waals surface area contributed by atoms with Crippen LogP contribution in [0.3, 0.4) is 0 Å². The van der Waals surface area contributed by atoms with E-state index in [0.29, 0.717) is 13.1 Å². The predicted octanol–water partition coefficient (Wildman–Crippen LogP) is -2.06. The zero-order valence-electron chi connectivity index (χ0n) is 10.5. The fourth-order valence-corrected chi connectivity index (χ4v) is 1.91. The molecule has 104 valence electrons. The van der Waals surface area contributed by atoms with Crippen LogP contribution in [0.2, 0.25) is 0 Å². The van der Waals surface area contributed by atoms with Crippen molar-refractivity contribution in [1.29, 1.82) is 0 Å². The van der Waals surface area contributed by atoms with E-state index in [4.69, 9.17) is 11.5 Å². The third kappa shape index (κ3) is 6.26. The lowest BCUT2D eigenvalue weighted by Crippen LogP contribution is -2.50. The van der Waals surface area contributed by atoms with Gasteiger partial charge in [0, 0.05) is 52.4 Å². The Bertz CT molecular complexity index is 250. The molecule has 0 spiro atoms. The predicted molar refractivity (Wildman–Crippen MR) is 68.1 cm³/mol. The van der Waals surface area contributed by atoms with E-state index >= 15 is 0 Å². The van der Waals surface area contributed by atoms with Gasteiger partial charge in [0.15, 0.2) is 0 Å². The van der Waals surface area contributed by atoms with E-state index in [0.717, 1.165) is 39.3 Å². The second-order valence-corrected chi connectivity index (χ2v) is 4.27. The van der Waals surface area contributed by atoms with E-state index in [1.165, 1.54) is 0 Å². The Morgan fingerprint density at radius 1 is 0.833 bits per heavy atom. The molecule has 4 amide bonds. The van der Waals surface area contributed by atoms with Gasteiger partial charge in [-0.1, -0.05) is 0 Å². The SMILES string of the molecule is NC(=O)NCCN1CCN(CCNC(N)=O)CC1. The van der Waals surface area contributed by atoms with Crippen LogP contribution < -0.4 is 22.1 Å².